The van der Waals surface area contributed by atoms with Gasteiger partial charge in [-0.1, -0.05) is 37.3 Å². The Labute approximate surface area is 154 Å². The van der Waals surface area contributed by atoms with Crippen LogP contribution in [0.15, 0.2) is 30.3 Å². The molecule has 1 aromatic heterocycles. The Hall–Kier alpha value is -2.28. The van der Waals surface area contributed by atoms with E-state index >= 15 is 0 Å². The second-order valence-electron chi connectivity index (χ2n) is 6.95. The Morgan fingerprint density at radius 3 is 2.62 bits per heavy atom. The number of piperidine rings is 1. The van der Waals surface area contributed by atoms with E-state index in [2.05, 4.69) is 27.8 Å². The van der Waals surface area contributed by atoms with Crippen LogP contribution >= 0.6 is 0 Å². The zero-order valence-corrected chi connectivity index (χ0v) is 15.6. The molecule has 2 heterocycles. The van der Waals surface area contributed by atoms with Gasteiger partial charge in [-0.05, 0) is 54.8 Å². The van der Waals surface area contributed by atoms with Crippen LogP contribution in [-0.2, 0) is 11.2 Å². The van der Waals surface area contributed by atoms with Crippen LogP contribution < -0.4 is 5.32 Å². The summed E-state index contributed by atoms with van der Waals surface area (Å²) in [4.78, 5) is 15.3. The molecule has 1 aliphatic heterocycles. The minimum atomic E-state index is -0.391. The molecule has 0 saturated carbocycles. The summed E-state index contributed by atoms with van der Waals surface area (Å²) in [5.41, 5.74) is 1.11. The lowest BCUT2D eigenvalue weighted by Gasteiger charge is -2.34. The lowest BCUT2D eigenvalue weighted by molar-refractivity contribution is -0.136. The van der Waals surface area contributed by atoms with Crippen molar-refractivity contribution in [3.8, 4) is 0 Å². The first-order chi connectivity index (χ1) is 12.7. The van der Waals surface area contributed by atoms with Crippen LogP contribution in [0.3, 0.4) is 0 Å². The van der Waals surface area contributed by atoms with Crippen molar-refractivity contribution < 1.29 is 4.79 Å². The van der Waals surface area contributed by atoms with Crippen molar-refractivity contribution >= 4 is 5.91 Å². The third-order valence-electron chi connectivity index (χ3n) is 5.12. The quantitative estimate of drug-likeness (QED) is 0.816. The summed E-state index contributed by atoms with van der Waals surface area (Å²) in [6, 6.07) is 9.67. The maximum atomic E-state index is 13.3. The number of carbonyl (C=O) groups is 1. The van der Waals surface area contributed by atoms with Gasteiger partial charge in [-0.15, -0.1) is 5.10 Å². The normalized spacial score (nSPS) is 16.6. The van der Waals surface area contributed by atoms with Crippen molar-refractivity contribution in [1.29, 1.82) is 0 Å². The number of aryl methyl sites for hydroxylation is 1. The number of likely N-dealkylation sites (tertiary alicyclic amines) is 1. The molecule has 1 aromatic carbocycles. The molecule has 1 unspecified atom stereocenters. The van der Waals surface area contributed by atoms with E-state index in [9.17, 15) is 4.79 Å². The number of amides is 1. The van der Waals surface area contributed by atoms with Crippen molar-refractivity contribution in [2.45, 2.75) is 39.2 Å². The highest BCUT2D eigenvalue weighted by Gasteiger charge is 2.31. The van der Waals surface area contributed by atoms with Crippen LogP contribution in [0.1, 0.15) is 37.2 Å². The predicted molar refractivity (Wildman–Crippen MR) is 99.6 cm³/mol. The number of hydrogen-bond donors (Lipinski definition) is 1. The zero-order valence-electron chi connectivity index (χ0n) is 15.6. The van der Waals surface area contributed by atoms with Crippen LogP contribution in [0, 0.1) is 12.8 Å². The summed E-state index contributed by atoms with van der Waals surface area (Å²) in [5, 5.41) is 15.2. The highest BCUT2D eigenvalue weighted by atomic mass is 16.2. The zero-order chi connectivity index (χ0) is 18.4. The standard InChI is InChI=1S/C19H28N6O/c1-3-20-14-17-9-11-24(12-10-17)19(26)18(25-15(2)21-22-23-25)13-16-7-5-4-6-8-16/h4-8,17-18,20H,3,9-14H2,1-2H3. The minimum absolute atomic E-state index is 0.117. The van der Waals surface area contributed by atoms with E-state index in [1.807, 2.05) is 42.2 Å². The molecule has 0 aliphatic carbocycles. The van der Waals surface area contributed by atoms with E-state index in [1.165, 1.54) is 0 Å². The molecule has 0 bridgehead atoms. The monoisotopic (exact) mass is 356 g/mol. The Morgan fingerprint density at radius 2 is 2.00 bits per heavy atom. The summed E-state index contributed by atoms with van der Waals surface area (Å²) in [5.74, 6) is 1.44. The maximum Gasteiger partial charge on any atom is 0.247 e. The molecule has 1 aliphatic rings. The lowest BCUT2D eigenvalue weighted by Crippen LogP contribution is -2.44. The van der Waals surface area contributed by atoms with Gasteiger partial charge in [-0.25, -0.2) is 4.68 Å². The molecule has 0 spiro atoms. The largest absolute Gasteiger partial charge is 0.341 e. The Morgan fingerprint density at radius 1 is 1.27 bits per heavy atom. The fraction of sp³-hybridized carbons (Fsp3) is 0.579. The molecule has 1 fully saturated rings. The molecule has 7 nitrogen and oxygen atoms in total. The van der Waals surface area contributed by atoms with Crippen molar-refractivity contribution in [2.24, 2.45) is 5.92 Å². The summed E-state index contributed by atoms with van der Waals surface area (Å²) >= 11 is 0. The number of tetrazole rings is 1. The SMILES string of the molecule is CCNCC1CCN(C(=O)C(Cc2ccccc2)n2nnnc2C)CC1. The predicted octanol–water partition coefficient (Wildman–Crippen LogP) is 1.61. The number of carbonyl (C=O) groups excluding carboxylic acids is 1. The van der Waals surface area contributed by atoms with E-state index in [1.54, 1.807) is 4.68 Å². The Kier molecular flexibility index (Phi) is 6.33. The van der Waals surface area contributed by atoms with E-state index in [4.69, 9.17) is 0 Å². The second kappa shape index (κ2) is 8.89. The van der Waals surface area contributed by atoms with Crippen molar-refractivity contribution in [3.05, 3.63) is 41.7 Å². The van der Waals surface area contributed by atoms with Crippen LogP contribution in [0.4, 0.5) is 0 Å². The van der Waals surface area contributed by atoms with Gasteiger partial charge in [0.1, 0.15) is 11.9 Å². The van der Waals surface area contributed by atoms with Gasteiger partial charge in [0, 0.05) is 19.5 Å². The van der Waals surface area contributed by atoms with Gasteiger partial charge in [-0.2, -0.15) is 0 Å². The average Bonchev–Trinajstić information content (AvgIpc) is 3.11. The number of nitrogens with one attached hydrogen (secondary N) is 1. The molecule has 1 saturated heterocycles. The van der Waals surface area contributed by atoms with Crippen LogP contribution in [0.25, 0.3) is 0 Å². The van der Waals surface area contributed by atoms with Gasteiger partial charge in [0.25, 0.3) is 0 Å². The molecular formula is C19H28N6O. The van der Waals surface area contributed by atoms with Gasteiger partial charge in [0.15, 0.2) is 0 Å². The smallest absolute Gasteiger partial charge is 0.247 e. The molecule has 140 valence electrons. The minimum Gasteiger partial charge on any atom is -0.341 e. The molecule has 0 radical (unpaired) electrons. The van der Waals surface area contributed by atoms with Gasteiger partial charge in [-0.3, -0.25) is 4.79 Å². The van der Waals surface area contributed by atoms with Gasteiger partial charge >= 0.3 is 0 Å². The topological polar surface area (TPSA) is 75.9 Å². The average molecular weight is 356 g/mol. The van der Waals surface area contributed by atoms with E-state index in [0.717, 1.165) is 44.6 Å². The number of benzene rings is 1. The fourth-order valence-electron chi connectivity index (χ4n) is 3.56. The first kappa shape index (κ1) is 18.5. The number of hydrogen-bond acceptors (Lipinski definition) is 5. The Balaban J connectivity index is 1.71. The molecular weight excluding hydrogens is 328 g/mol. The summed E-state index contributed by atoms with van der Waals surface area (Å²) in [6.45, 7) is 7.62. The highest BCUT2D eigenvalue weighted by molar-refractivity contribution is 5.80. The Bertz CT molecular complexity index is 693. The molecule has 1 N–H and O–H groups in total. The molecule has 1 amide bonds. The van der Waals surface area contributed by atoms with Gasteiger partial charge in [0.05, 0.1) is 0 Å². The highest BCUT2D eigenvalue weighted by Crippen LogP contribution is 2.22. The summed E-state index contributed by atoms with van der Waals surface area (Å²) in [7, 11) is 0. The second-order valence-corrected chi connectivity index (χ2v) is 6.95. The molecule has 26 heavy (non-hydrogen) atoms. The van der Waals surface area contributed by atoms with E-state index in [0.29, 0.717) is 18.2 Å². The summed E-state index contributed by atoms with van der Waals surface area (Å²) < 4.78 is 1.67. The van der Waals surface area contributed by atoms with Crippen molar-refractivity contribution in [3.63, 3.8) is 0 Å². The molecule has 1 atom stereocenters. The van der Waals surface area contributed by atoms with Crippen LogP contribution in [0.2, 0.25) is 0 Å². The van der Waals surface area contributed by atoms with Crippen molar-refractivity contribution in [2.75, 3.05) is 26.2 Å². The first-order valence-electron chi connectivity index (χ1n) is 9.47. The fourth-order valence-corrected chi connectivity index (χ4v) is 3.56. The number of nitrogens with zero attached hydrogens (tertiary/aromatic N) is 5. The third kappa shape index (κ3) is 4.46. The molecule has 2 aromatic rings. The van der Waals surface area contributed by atoms with Crippen LogP contribution in [-0.4, -0.2) is 57.2 Å². The first-order valence-corrected chi connectivity index (χ1v) is 9.47. The van der Waals surface area contributed by atoms with Gasteiger partial charge < -0.3 is 10.2 Å². The van der Waals surface area contributed by atoms with Crippen LogP contribution in [0.5, 0.6) is 0 Å². The van der Waals surface area contributed by atoms with Crippen molar-refractivity contribution in [1.82, 2.24) is 30.4 Å². The van der Waals surface area contributed by atoms with E-state index < -0.39 is 6.04 Å². The third-order valence-corrected chi connectivity index (χ3v) is 5.12. The maximum absolute atomic E-state index is 13.3. The summed E-state index contributed by atoms with van der Waals surface area (Å²) in [6.07, 6.45) is 2.69. The molecule has 7 heteroatoms. The van der Waals surface area contributed by atoms with Gasteiger partial charge in [0.2, 0.25) is 5.91 Å². The lowest BCUT2D eigenvalue weighted by atomic mass is 9.95. The van der Waals surface area contributed by atoms with E-state index in [-0.39, 0.29) is 5.91 Å². The number of aromatic nitrogens is 4. The molecule has 3 rings (SSSR count). The number of rotatable bonds is 7.